The summed E-state index contributed by atoms with van der Waals surface area (Å²) in [5, 5.41) is 7.37. The number of rotatable bonds is 5. The molecule has 3 N–H and O–H groups in total. The van der Waals surface area contributed by atoms with Gasteiger partial charge in [-0.3, -0.25) is 10.3 Å². The van der Waals surface area contributed by atoms with Crippen LogP contribution < -0.4 is 5.73 Å². The lowest BCUT2D eigenvalue weighted by Crippen LogP contribution is -2.51. The molecular weight excluding hydrogens is 290 g/mol. The molecule has 1 aromatic carbocycles. The summed E-state index contributed by atoms with van der Waals surface area (Å²) in [5.41, 5.74) is 5.48. The van der Waals surface area contributed by atoms with E-state index >= 15 is 0 Å². The van der Waals surface area contributed by atoms with Gasteiger partial charge in [-0.15, -0.1) is 0 Å². The van der Waals surface area contributed by atoms with Crippen molar-refractivity contribution in [2.75, 3.05) is 13.7 Å². The molecule has 1 atom stereocenters. The van der Waals surface area contributed by atoms with Gasteiger partial charge in [-0.1, -0.05) is 18.2 Å². The molecule has 0 saturated carbocycles. The molecule has 0 radical (unpaired) electrons. The fraction of sp³-hybridized carbons (Fsp3) is 0.286. The van der Waals surface area contributed by atoms with Crippen LogP contribution in [0.1, 0.15) is 17.3 Å². The Morgan fingerprint density at radius 2 is 1.86 bits per heavy atom. The van der Waals surface area contributed by atoms with E-state index in [2.05, 4.69) is 4.74 Å². The zero-order valence-electron chi connectivity index (χ0n) is 12.2. The summed E-state index contributed by atoms with van der Waals surface area (Å²) in [6, 6.07) is 6.43. The average Bonchev–Trinajstić information content (AvgIpc) is 2.48. The van der Waals surface area contributed by atoms with E-state index in [0.29, 0.717) is 0 Å². The van der Waals surface area contributed by atoms with Gasteiger partial charge in [0.2, 0.25) is 0 Å². The molecule has 0 spiro atoms. The second-order valence-corrected chi connectivity index (χ2v) is 4.24. The van der Waals surface area contributed by atoms with E-state index in [0.717, 1.165) is 4.90 Å². The number of esters is 2. The number of nitrogens with one attached hydrogen (secondary N) is 1. The number of amidine groups is 1. The van der Waals surface area contributed by atoms with E-state index < -0.39 is 29.9 Å². The number of nitrogens with two attached hydrogens (primary N) is 1. The second kappa shape index (κ2) is 7.77. The highest BCUT2D eigenvalue weighted by atomic mass is 16.6. The maximum Gasteiger partial charge on any atom is 0.418 e. The Morgan fingerprint density at radius 1 is 1.27 bits per heavy atom. The summed E-state index contributed by atoms with van der Waals surface area (Å²) in [6.45, 7) is 1.64. The van der Waals surface area contributed by atoms with Crippen LogP contribution in [0.2, 0.25) is 0 Å². The van der Waals surface area contributed by atoms with Gasteiger partial charge >= 0.3 is 18.0 Å². The number of carbonyl (C=O) groups is 3. The zero-order valence-corrected chi connectivity index (χ0v) is 12.2. The molecule has 0 aliphatic carbocycles. The standard InChI is InChI=1S/C14H17N3O5/c1-3-21-13(19)10(11(15)16)17(2)14(20)22-12(18)9-7-5-4-6-8-9/h4-8,10H,3H2,1-2H3,(H3,15,16). The quantitative estimate of drug-likeness (QED) is 0.358. The van der Waals surface area contributed by atoms with Crippen LogP contribution in [-0.2, 0) is 14.3 Å². The fourth-order valence-electron chi connectivity index (χ4n) is 1.60. The predicted molar refractivity (Wildman–Crippen MR) is 77.4 cm³/mol. The Morgan fingerprint density at radius 3 is 2.36 bits per heavy atom. The first-order valence-corrected chi connectivity index (χ1v) is 6.43. The Balaban J connectivity index is 2.80. The van der Waals surface area contributed by atoms with E-state index in [-0.39, 0.29) is 12.2 Å². The van der Waals surface area contributed by atoms with E-state index in [1.54, 1.807) is 25.1 Å². The molecule has 0 saturated heterocycles. The lowest BCUT2D eigenvalue weighted by Gasteiger charge is -2.24. The maximum absolute atomic E-state index is 11.9. The van der Waals surface area contributed by atoms with Crippen molar-refractivity contribution in [2.45, 2.75) is 13.0 Å². The Bertz CT molecular complexity index is 573. The van der Waals surface area contributed by atoms with Crippen LogP contribution in [0.15, 0.2) is 30.3 Å². The maximum atomic E-state index is 11.9. The summed E-state index contributed by atoms with van der Waals surface area (Å²) < 4.78 is 9.38. The van der Waals surface area contributed by atoms with Crippen molar-refractivity contribution in [1.29, 1.82) is 5.41 Å². The van der Waals surface area contributed by atoms with Crippen molar-refractivity contribution in [3.63, 3.8) is 0 Å². The van der Waals surface area contributed by atoms with E-state index in [9.17, 15) is 14.4 Å². The Kier molecular flexibility index (Phi) is 6.06. The monoisotopic (exact) mass is 307 g/mol. The molecule has 22 heavy (non-hydrogen) atoms. The van der Waals surface area contributed by atoms with Gasteiger partial charge in [-0.05, 0) is 19.1 Å². The summed E-state index contributed by atoms with van der Waals surface area (Å²) in [7, 11) is 1.18. The van der Waals surface area contributed by atoms with Crippen LogP contribution >= 0.6 is 0 Å². The summed E-state index contributed by atoms with van der Waals surface area (Å²) >= 11 is 0. The predicted octanol–water partition coefficient (Wildman–Crippen LogP) is 0.763. The first kappa shape index (κ1) is 17.2. The largest absolute Gasteiger partial charge is 0.464 e. The van der Waals surface area contributed by atoms with Crippen LogP contribution in [0.25, 0.3) is 0 Å². The van der Waals surface area contributed by atoms with Crippen LogP contribution in [0.4, 0.5) is 4.79 Å². The normalized spacial score (nSPS) is 11.2. The van der Waals surface area contributed by atoms with Crippen molar-refractivity contribution < 1.29 is 23.9 Å². The van der Waals surface area contributed by atoms with E-state index in [1.165, 1.54) is 19.2 Å². The molecular formula is C14H17N3O5. The first-order valence-electron chi connectivity index (χ1n) is 6.43. The SMILES string of the molecule is CCOC(=O)C(C(=N)N)N(C)C(=O)OC(=O)c1ccccc1. The van der Waals surface area contributed by atoms with Crippen molar-refractivity contribution in [3.8, 4) is 0 Å². The fourth-order valence-corrected chi connectivity index (χ4v) is 1.60. The average molecular weight is 307 g/mol. The molecule has 0 aliphatic heterocycles. The van der Waals surface area contributed by atoms with Crippen LogP contribution in [0.3, 0.4) is 0 Å². The van der Waals surface area contributed by atoms with Gasteiger partial charge < -0.3 is 15.2 Å². The molecule has 0 heterocycles. The lowest BCUT2D eigenvalue weighted by molar-refractivity contribution is -0.145. The number of nitrogens with zero attached hydrogens (tertiary/aromatic N) is 1. The lowest BCUT2D eigenvalue weighted by atomic mass is 10.2. The number of hydrogen-bond donors (Lipinski definition) is 2. The van der Waals surface area contributed by atoms with Gasteiger partial charge in [0.1, 0.15) is 5.84 Å². The molecule has 8 nitrogen and oxygen atoms in total. The topological polar surface area (TPSA) is 123 Å². The molecule has 0 aliphatic rings. The molecule has 1 rings (SSSR count). The molecule has 1 unspecified atom stereocenters. The first-order chi connectivity index (χ1) is 10.4. The molecule has 0 aromatic heterocycles. The van der Waals surface area contributed by atoms with Gasteiger partial charge in [-0.25, -0.2) is 14.4 Å². The van der Waals surface area contributed by atoms with Crippen molar-refractivity contribution in [2.24, 2.45) is 5.73 Å². The summed E-state index contributed by atoms with van der Waals surface area (Å²) in [6.07, 6.45) is -1.11. The number of likely N-dealkylation sites (N-methyl/N-ethyl adjacent to an activating group) is 1. The van der Waals surface area contributed by atoms with Gasteiger partial charge in [-0.2, -0.15) is 0 Å². The smallest absolute Gasteiger partial charge is 0.418 e. The highest BCUT2D eigenvalue weighted by molar-refractivity contribution is 6.05. The van der Waals surface area contributed by atoms with Crippen LogP contribution in [0, 0.1) is 5.41 Å². The molecule has 1 aromatic rings. The van der Waals surface area contributed by atoms with Crippen molar-refractivity contribution in [3.05, 3.63) is 35.9 Å². The number of hydrogen-bond acceptors (Lipinski definition) is 6. The number of amides is 1. The highest BCUT2D eigenvalue weighted by Gasteiger charge is 2.33. The number of ether oxygens (including phenoxy) is 2. The minimum Gasteiger partial charge on any atom is -0.464 e. The second-order valence-electron chi connectivity index (χ2n) is 4.24. The molecule has 0 bridgehead atoms. The molecule has 8 heteroatoms. The number of benzene rings is 1. The van der Waals surface area contributed by atoms with Gasteiger partial charge in [0.05, 0.1) is 12.2 Å². The van der Waals surface area contributed by atoms with E-state index in [1.807, 2.05) is 0 Å². The molecule has 1 amide bonds. The van der Waals surface area contributed by atoms with Crippen molar-refractivity contribution in [1.82, 2.24) is 4.90 Å². The van der Waals surface area contributed by atoms with Gasteiger partial charge in [0, 0.05) is 7.05 Å². The van der Waals surface area contributed by atoms with Gasteiger partial charge in [0.15, 0.2) is 6.04 Å². The zero-order chi connectivity index (χ0) is 16.7. The third-order valence-electron chi connectivity index (χ3n) is 2.67. The summed E-state index contributed by atoms with van der Waals surface area (Å²) in [5.74, 6) is -2.34. The van der Waals surface area contributed by atoms with Crippen LogP contribution in [0.5, 0.6) is 0 Å². The Labute approximate surface area is 127 Å². The third-order valence-corrected chi connectivity index (χ3v) is 2.67. The minimum atomic E-state index is -1.45. The molecule has 118 valence electrons. The number of carbonyl (C=O) groups excluding carboxylic acids is 3. The Hall–Kier alpha value is -2.90. The van der Waals surface area contributed by atoms with E-state index in [4.69, 9.17) is 15.9 Å². The third kappa shape index (κ3) is 4.30. The molecule has 0 fully saturated rings. The summed E-state index contributed by atoms with van der Waals surface area (Å²) in [4.78, 5) is 36.1. The minimum absolute atomic E-state index is 0.0639. The van der Waals surface area contributed by atoms with Gasteiger partial charge in [0.25, 0.3) is 0 Å². The highest BCUT2D eigenvalue weighted by Crippen LogP contribution is 2.06. The van der Waals surface area contributed by atoms with Crippen LogP contribution in [-0.4, -0.2) is 48.5 Å². The van der Waals surface area contributed by atoms with Crippen molar-refractivity contribution >= 4 is 23.9 Å².